The Balaban J connectivity index is 2.19. The molecule has 2 aliphatic rings. The lowest BCUT2D eigenvalue weighted by Gasteiger charge is -2.40. The van der Waals surface area contributed by atoms with Gasteiger partial charge in [-0.2, -0.15) is 0 Å². The maximum absolute atomic E-state index is 11.4. The molecule has 0 aromatic rings. The van der Waals surface area contributed by atoms with Crippen LogP contribution in [-0.4, -0.2) is 49.9 Å². The first-order valence-corrected chi connectivity index (χ1v) is 10.1. The number of rotatable bonds is 3. The van der Waals surface area contributed by atoms with Crippen LogP contribution in [0.15, 0.2) is 0 Å². The van der Waals surface area contributed by atoms with E-state index >= 15 is 0 Å². The van der Waals surface area contributed by atoms with Gasteiger partial charge in [-0.15, -0.1) is 0 Å². The van der Waals surface area contributed by atoms with E-state index in [0.717, 1.165) is 0 Å². The van der Waals surface area contributed by atoms with Crippen LogP contribution in [0.25, 0.3) is 0 Å². The molecule has 5 nitrogen and oxygen atoms in total. The average molecular weight is 302 g/mol. The molecule has 0 unspecified atom stereocenters. The normalized spacial score (nSPS) is 35.9. The molecule has 0 aliphatic carbocycles. The molecule has 0 aromatic heterocycles. The van der Waals surface area contributed by atoms with Gasteiger partial charge in [0, 0.05) is 0 Å². The molecule has 2 aliphatic heterocycles. The molecule has 0 amide bonds. The molecule has 0 aromatic carbocycles. The number of hydrogen-bond donors (Lipinski definition) is 1. The molecule has 0 spiro atoms. The highest BCUT2D eigenvalue weighted by molar-refractivity contribution is 6.74. The highest BCUT2D eigenvalue weighted by atomic mass is 28.4. The Labute approximate surface area is 121 Å². The number of carbonyl (C=O) groups excluding carboxylic acids is 1. The van der Waals surface area contributed by atoms with Crippen molar-refractivity contribution in [2.24, 2.45) is 0 Å². The number of ether oxygens (including phenoxy) is 2. The van der Waals surface area contributed by atoms with Gasteiger partial charge in [0.05, 0.1) is 12.5 Å². The summed E-state index contributed by atoms with van der Waals surface area (Å²) in [6, 6.07) is 0. The SMILES string of the molecule is C[C@H](O)[C@H]1O[C@H]2CC(=O)O[C@H]2[C@@H]1O[Si](C)(C)C(C)(C)C. The number of carbonyl (C=O) groups is 1. The van der Waals surface area contributed by atoms with Gasteiger partial charge < -0.3 is 19.0 Å². The van der Waals surface area contributed by atoms with E-state index in [2.05, 4.69) is 33.9 Å². The summed E-state index contributed by atoms with van der Waals surface area (Å²) in [5.41, 5.74) is 0. The average Bonchev–Trinajstić information content (AvgIpc) is 2.74. The van der Waals surface area contributed by atoms with E-state index in [1.54, 1.807) is 6.92 Å². The number of aliphatic hydroxyl groups is 1. The minimum Gasteiger partial charge on any atom is -0.457 e. The third-order valence-electron chi connectivity index (χ3n) is 4.69. The Hall–Kier alpha value is -0.433. The Kier molecular flexibility index (Phi) is 4.05. The van der Waals surface area contributed by atoms with Gasteiger partial charge >= 0.3 is 5.97 Å². The summed E-state index contributed by atoms with van der Waals surface area (Å²) < 4.78 is 17.5. The fraction of sp³-hybridized carbons (Fsp3) is 0.929. The Morgan fingerprint density at radius 3 is 2.50 bits per heavy atom. The van der Waals surface area contributed by atoms with Crippen LogP contribution in [0.5, 0.6) is 0 Å². The zero-order valence-electron chi connectivity index (χ0n) is 13.2. The molecule has 0 radical (unpaired) electrons. The number of esters is 1. The van der Waals surface area contributed by atoms with E-state index in [9.17, 15) is 9.90 Å². The summed E-state index contributed by atoms with van der Waals surface area (Å²) >= 11 is 0. The summed E-state index contributed by atoms with van der Waals surface area (Å²) in [5, 5.41) is 9.97. The van der Waals surface area contributed by atoms with Crippen molar-refractivity contribution in [2.45, 2.75) is 82.8 Å². The number of fused-ring (bicyclic) bond motifs is 1. The Bertz CT molecular complexity index is 388. The predicted octanol–water partition coefficient (Wildman–Crippen LogP) is 1.84. The van der Waals surface area contributed by atoms with Crippen molar-refractivity contribution in [2.75, 3.05) is 0 Å². The summed E-state index contributed by atoms with van der Waals surface area (Å²) in [4.78, 5) is 11.4. The van der Waals surface area contributed by atoms with E-state index in [-0.39, 0.29) is 35.7 Å². The van der Waals surface area contributed by atoms with Gasteiger partial charge in [0.1, 0.15) is 18.3 Å². The van der Waals surface area contributed by atoms with Crippen molar-refractivity contribution in [3.63, 3.8) is 0 Å². The van der Waals surface area contributed by atoms with E-state index in [1.807, 2.05) is 0 Å². The zero-order valence-corrected chi connectivity index (χ0v) is 14.2. The van der Waals surface area contributed by atoms with Crippen molar-refractivity contribution < 1.29 is 23.8 Å². The first-order valence-electron chi connectivity index (χ1n) is 7.24. The highest BCUT2D eigenvalue weighted by Gasteiger charge is 2.56. The lowest BCUT2D eigenvalue weighted by atomic mass is 10.1. The van der Waals surface area contributed by atoms with Crippen molar-refractivity contribution in [3.8, 4) is 0 Å². The smallest absolute Gasteiger partial charge is 0.309 e. The third-order valence-corrected chi connectivity index (χ3v) is 9.17. The van der Waals surface area contributed by atoms with Crippen LogP contribution < -0.4 is 0 Å². The van der Waals surface area contributed by atoms with Gasteiger partial charge in [-0.25, -0.2) is 0 Å². The van der Waals surface area contributed by atoms with Crippen LogP contribution in [-0.2, 0) is 18.7 Å². The highest BCUT2D eigenvalue weighted by Crippen LogP contribution is 2.42. The van der Waals surface area contributed by atoms with Crippen LogP contribution in [0.4, 0.5) is 0 Å². The Morgan fingerprint density at radius 1 is 1.40 bits per heavy atom. The first-order chi connectivity index (χ1) is 9.03. The minimum absolute atomic E-state index is 0.0525. The van der Waals surface area contributed by atoms with Gasteiger partial charge in [-0.3, -0.25) is 4.79 Å². The molecular formula is C14H26O5Si. The first kappa shape index (κ1) is 15.9. The van der Waals surface area contributed by atoms with Crippen LogP contribution in [0.1, 0.15) is 34.1 Å². The second kappa shape index (κ2) is 5.09. The van der Waals surface area contributed by atoms with Crippen molar-refractivity contribution in [3.05, 3.63) is 0 Å². The second-order valence-electron chi connectivity index (χ2n) is 7.38. The summed E-state index contributed by atoms with van der Waals surface area (Å²) in [6.07, 6.45) is -1.84. The van der Waals surface area contributed by atoms with E-state index in [4.69, 9.17) is 13.9 Å². The summed E-state index contributed by atoms with van der Waals surface area (Å²) in [7, 11) is -2.02. The molecule has 1 N–H and O–H groups in total. The van der Waals surface area contributed by atoms with Crippen molar-refractivity contribution >= 4 is 14.3 Å². The zero-order chi connectivity index (χ0) is 15.3. The molecule has 2 heterocycles. The van der Waals surface area contributed by atoms with Gasteiger partial charge in [-0.1, -0.05) is 20.8 Å². The minimum atomic E-state index is -2.02. The molecule has 6 heteroatoms. The quantitative estimate of drug-likeness (QED) is 0.636. The monoisotopic (exact) mass is 302 g/mol. The summed E-state index contributed by atoms with van der Waals surface area (Å²) in [6.45, 7) is 12.5. The van der Waals surface area contributed by atoms with Gasteiger partial charge in [0.2, 0.25) is 0 Å². The third kappa shape index (κ3) is 2.79. The van der Waals surface area contributed by atoms with E-state index in [1.165, 1.54) is 0 Å². The van der Waals surface area contributed by atoms with E-state index in [0.29, 0.717) is 0 Å². The van der Waals surface area contributed by atoms with Crippen LogP contribution in [0.3, 0.4) is 0 Å². The largest absolute Gasteiger partial charge is 0.457 e. The molecule has 2 rings (SSSR count). The molecule has 5 atom stereocenters. The molecular weight excluding hydrogens is 276 g/mol. The molecule has 0 saturated carbocycles. The molecule has 116 valence electrons. The van der Waals surface area contributed by atoms with Crippen molar-refractivity contribution in [1.82, 2.24) is 0 Å². The molecule has 2 saturated heterocycles. The molecule has 2 fully saturated rings. The fourth-order valence-corrected chi connectivity index (χ4v) is 3.77. The molecule has 0 bridgehead atoms. The van der Waals surface area contributed by atoms with Crippen LogP contribution in [0.2, 0.25) is 18.1 Å². The van der Waals surface area contributed by atoms with Crippen molar-refractivity contribution in [1.29, 1.82) is 0 Å². The summed E-state index contributed by atoms with van der Waals surface area (Å²) in [5.74, 6) is -0.243. The van der Waals surface area contributed by atoms with Crippen LogP contribution in [0, 0.1) is 0 Å². The molecule has 20 heavy (non-hydrogen) atoms. The van der Waals surface area contributed by atoms with Gasteiger partial charge in [0.15, 0.2) is 14.4 Å². The lowest BCUT2D eigenvalue weighted by molar-refractivity contribution is -0.146. The number of aliphatic hydroxyl groups excluding tert-OH is 1. The topological polar surface area (TPSA) is 65.0 Å². The van der Waals surface area contributed by atoms with Crippen LogP contribution >= 0.6 is 0 Å². The standard InChI is InChI=1S/C14H26O5Si/c1-8(15)11-13(19-20(5,6)14(2,3)4)12-9(17-11)7-10(16)18-12/h8-9,11-13,15H,7H2,1-6H3/t8-,9-,11+,12+,13+/m0/s1. The van der Waals surface area contributed by atoms with Gasteiger partial charge in [-0.05, 0) is 25.1 Å². The maximum atomic E-state index is 11.4. The fourth-order valence-electron chi connectivity index (χ4n) is 2.47. The number of hydrogen-bond acceptors (Lipinski definition) is 5. The maximum Gasteiger partial charge on any atom is 0.309 e. The Morgan fingerprint density at radius 2 is 2.00 bits per heavy atom. The second-order valence-corrected chi connectivity index (χ2v) is 12.1. The predicted molar refractivity (Wildman–Crippen MR) is 76.9 cm³/mol. The lowest BCUT2D eigenvalue weighted by Crippen LogP contribution is -2.51. The van der Waals surface area contributed by atoms with E-state index < -0.39 is 20.5 Å². The van der Waals surface area contributed by atoms with Gasteiger partial charge in [0.25, 0.3) is 0 Å².